The van der Waals surface area contributed by atoms with Crippen molar-refractivity contribution in [3.05, 3.63) is 22.7 Å². The van der Waals surface area contributed by atoms with E-state index in [1.165, 1.54) is 0 Å². The van der Waals surface area contributed by atoms with Crippen LogP contribution in [-0.4, -0.2) is 30.5 Å². The highest BCUT2D eigenvalue weighted by molar-refractivity contribution is 6.32. The molecule has 1 rings (SSSR count). The van der Waals surface area contributed by atoms with Crippen molar-refractivity contribution in [1.82, 2.24) is 5.32 Å². The van der Waals surface area contributed by atoms with Crippen molar-refractivity contribution in [3.63, 3.8) is 0 Å². The SMILES string of the molecule is CCOc1cc(CNC[C@@H](C)O)cc(Cl)c1OC(C)C. The fourth-order valence-corrected chi connectivity index (χ4v) is 2.04. The predicted octanol–water partition coefficient (Wildman–Crippen LogP) is 3.00. The Morgan fingerprint density at radius 1 is 1.30 bits per heavy atom. The van der Waals surface area contributed by atoms with Gasteiger partial charge in [-0.1, -0.05) is 11.6 Å². The van der Waals surface area contributed by atoms with Crippen LogP contribution in [0.5, 0.6) is 11.5 Å². The third kappa shape index (κ3) is 5.57. The Labute approximate surface area is 126 Å². The zero-order valence-corrected chi connectivity index (χ0v) is 13.3. The predicted molar refractivity (Wildman–Crippen MR) is 81.8 cm³/mol. The first-order chi connectivity index (χ1) is 9.43. The van der Waals surface area contributed by atoms with Gasteiger partial charge in [-0.25, -0.2) is 0 Å². The molecule has 0 fully saturated rings. The van der Waals surface area contributed by atoms with E-state index < -0.39 is 0 Å². The Kier molecular flexibility index (Phi) is 7.13. The first kappa shape index (κ1) is 17.1. The summed E-state index contributed by atoms with van der Waals surface area (Å²) in [5, 5.41) is 12.9. The molecule has 0 unspecified atom stereocenters. The number of ether oxygens (including phenoxy) is 2. The van der Waals surface area contributed by atoms with E-state index >= 15 is 0 Å². The van der Waals surface area contributed by atoms with E-state index in [0.29, 0.717) is 36.2 Å². The Morgan fingerprint density at radius 3 is 2.55 bits per heavy atom. The molecule has 0 aliphatic heterocycles. The number of nitrogens with one attached hydrogen (secondary N) is 1. The van der Waals surface area contributed by atoms with Gasteiger partial charge in [0, 0.05) is 13.1 Å². The van der Waals surface area contributed by atoms with Crippen LogP contribution in [-0.2, 0) is 6.54 Å². The first-order valence-corrected chi connectivity index (χ1v) is 7.32. The van der Waals surface area contributed by atoms with E-state index in [1.807, 2.05) is 32.9 Å². The number of halogens is 1. The highest BCUT2D eigenvalue weighted by Gasteiger charge is 2.14. The highest BCUT2D eigenvalue weighted by atomic mass is 35.5. The average Bonchev–Trinajstić information content (AvgIpc) is 2.33. The molecule has 2 N–H and O–H groups in total. The normalized spacial score (nSPS) is 12.6. The van der Waals surface area contributed by atoms with Gasteiger partial charge in [-0.2, -0.15) is 0 Å². The summed E-state index contributed by atoms with van der Waals surface area (Å²) in [7, 11) is 0. The van der Waals surface area contributed by atoms with Gasteiger partial charge >= 0.3 is 0 Å². The van der Waals surface area contributed by atoms with Gasteiger partial charge < -0.3 is 19.9 Å². The molecule has 0 amide bonds. The van der Waals surface area contributed by atoms with Crippen LogP contribution >= 0.6 is 11.6 Å². The standard InChI is InChI=1S/C15H24ClNO3/c1-5-19-14-7-12(9-17-8-11(4)18)6-13(16)15(14)20-10(2)3/h6-7,10-11,17-18H,5,8-9H2,1-4H3/t11-/m1/s1. The van der Waals surface area contributed by atoms with E-state index in [2.05, 4.69) is 5.32 Å². The van der Waals surface area contributed by atoms with Crippen LogP contribution in [0.3, 0.4) is 0 Å². The zero-order valence-electron chi connectivity index (χ0n) is 12.6. The lowest BCUT2D eigenvalue weighted by Gasteiger charge is -2.17. The fourth-order valence-electron chi connectivity index (χ4n) is 1.76. The summed E-state index contributed by atoms with van der Waals surface area (Å²) < 4.78 is 11.3. The second-order valence-electron chi connectivity index (χ2n) is 4.98. The van der Waals surface area contributed by atoms with E-state index in [-0.39, 0.29) is 12.2 Å². The summed E-state index contributed by atoms with van der Waals surface area (Å²) in [4.78, 5) is 0. The summed E-state index contributed by atoms with van der Waals surface area (Å²) in [6, 6.07) is 3.78. The van der Waals surface area contributed by atoms with E-state index in [9.17, 15) is 5.11 Å². The number of hydrogen-bond donors (Lipinski definition) is 2. The van der Waals surface area contributed by atoms with Gasteiger partial charge in [0.2, 0.25) is 0 Å². The number of aliphatic hydroxyl groups is 1. The molecule has 0 spiro atoms. The van der Waals surface area contributed by atoms with Crippen molar-refractivity contribution >= 4 is 11.6 Å². The van der Waals surface area contributed by atoms with Crippen molar-refractivity contribution in [2.45, 2.75) is 46.4 Å². The van der Waals surface area contributed by atoms with Crippen LogP contribution in [0.25, 0.3) is 0 Å². The van der Waals surface area contributed by atoms with Crippen LogP contribution in [0.1, 0.15) is 33.3 Å². The maximum atomic E-state index is 9.23. The molecule has 1 aromatic rings. The molecule has 0 saturated carbocycles. The molecular weight excluding hydrogens is 278 g/mol. The van der Waals surface area contributed by atoms with Gasteiger partial charge in [0.1, 0.15) is 0 Å². The molecule has 0 aliphatic rings. The largest absolute Gasteiger partial charge is 0.490 e. The van der Waals surface area contributed by atoms with Gasteiger partial charge in [0.25, 0.3) is 0 Å². The molecule has 0 radical (unpaired) electrons. The van der Waals surface area contributed by atoms with Crippen molar-refractivity contribution < 1.29 is 14.6 Å². The lowest BCUT2D eigenvalue weighted by atomic mass is 10.2. The lowest BCUT2D eigenvalue weighted by Crippen LogP contribution is -2.23. The fraction of sp³-hybridized carbons (Fsp3) is 0.600. The molecule has 0 saturated heterocycles. The molecule has 5 heteroatoms. The third-order valence-electron chi connectivity index (χ3n) is 2.49. The van der Waals surface area contributed by atoms with Gasteiger partial charge in [0.05, 0.1) is 23.8 Å². The highest BCUT2D eigenvalue weighted by Crippen LogP contribution is 2.37. The van der Waals surface area contributed by atoms with Crippen LogP contribution in [0.15, 0.2) is 12.1 Å². The van der Waals surface area contributed by atoms with Crippen LogP contribution in [0.2, 0.25) is 5.02 Å². The topological polar surface area (TPSA) is 50.7 Å². The summed E-state index contributed by atoms with van der Waals surface area (Å²) in [5.74, 6) is 1.24. The molecule has 0 bridgehead atoms. The van der Waals surface area contributed by atoms with Crippen LogP contribution in [0, 0.1) is 0 Å². The maximum Gasteiger partial charge on any atom is 0.180 e. The number of rotatable bonds is 8. The Balaban J connectivity index is 2.88. The third-order valence-corrected chi connectivity index (χ3v) is 2.77. The summed E-state index contributed by atoms with van der Waals surface area (Å²) in [6.45, 7) is 9.26. The minimum Gasteiger partial charge on any atom is -0.490 e. The molecule has 0 aliphatic carbocycles. The molecular formula is C15H24ClNO3. The maximum absolute atomic E-state index is 9.23. The van der Waals surface area contributed by atoms with E-state index in [0.717, 1.165) is 5.56 Å². The van der Waals surface area contributed by atoms with Crippen molar-refractivity contribution in [2.24, 2.45) is 0 Å². The van der Waals surface area contributed by atoms with Gasteiger partial charge in [-0.15, -0.1) is 0 Å². The van der Waals surface area contributed by atoms with Crippen molar-refractivity contribution in [2.75, 3.05) is 13.2 Å². The Bertz CT molecular complexity index is 422. The lowest BCUT2D eigenvalue weighted by molar-refractivity contribution is 0.191. The summed E-state index contributed by atoms with van der Waals surface area (Å²) in [5.41, 5.74) is 0.996. The van der Waals surface area contributed by atoms with E-state index in [1.54, 1.807) is 6.92 Å². The molecule has 0 aromatic heterocycles. The summed E-state index contributed by atoms with van der Waals surface area (Å²) >= 11 is 6.27. The van der Waals surface area contributed by atoms with Crippen molar-refractivity contribution in [1.29, 1.82) is 0 Å². The van der Waals surface area contributed by atoms with Crippen molar-refractivity contribution in [3.8, 4) is 11.5 Å². The second-order valence-corrected chi connectivity index (χ2v) is 5.39. The Hall–Kier alpha value is -0.970. The average molecular weight is 302 g/mol. The molecule has 0 heterocycles. The summed E-state index contributed by atoms with van der Waals surface area (Å²) in [6.07, 6.45) is -0.341. The Morgan fingerprint density at radius 2 is 2.00 bits per heavy atom. The van der Waals surface area contributed by atoms with Crippen LogP contribution in [0.4, 0.5) is 0 Å². The van der Waals surface area contributed by atoms with E-state index in [4.69, 9.17) is 21.1 Å². The minimum absolute atomic E-state index is 0.0333. The molecule has 1 aromatic carbocycles. The van der Waals surface area contributed by atoms with Gasteiger partial charge in [0.15, 0.2) is 11.5 Å². The van der Waals surface area contributed by atoms with Crippen LogP contribution < -0.4 is 14.8 Å². The quantitative estimate of drug-likeness (QED) is 0.775. The monoisotopic (exact) mass is 301 g/mol. The number of aliphatic hydroxyl groups excluding tert-OH is 1. The number of benzene rings is 1. The minimum atomic E-state index is -0.375. The molecule has 1 atom stereocenters. The molecule has 20 heavy (non-hydrogen) atoms. The smallest absolute Gasteiger partial charge is 0.180 e. The molecule has 114 valence electrons. The van der Waals surface area contributed by atoms with Gasteiger partial charge in [-0.05, 0) is 45.4 Å². The second kappa shape index (κ2) is 8.35. The number of hydrogen-bond acceptors (Lipinski definition) is 4. The zero-order chi connectivity index (χ0) is 15.1. The van der Waals surface area contributed by atoms with Gasteiger partial charge in [-0.3, -0.25) is 0 Å². The first-order valence-electron chi connectivity index (χ1n) is 6.94. The molecule has 4 nitrogen and oxygen atoms in total.